The number of sulfonamides is 1. The Balaban J connectivity index is 1.50. The van der Waals surface area contributed by atoms with Gasteiger partial charge < -0.3 is 5.32 Å². The van der Waals surface area contributed by atoms with E-state index in [0.717, 1.165) is 34.4 Å². The molecule has 2 aromatic carbocycles. The van der Waals surface area contributed by atoms with Crippen molar-refractivity contribution in [2.24, 2.45) is 0 Å². The van der Waals surface area contributed by atoms with Crippen LogP contribution in [0.2, 0.25) is 0 Å². The van der Waals surface area contributed by atoms with Gasteiger partial charge in [0.25, 0.3) is 5.91 Å². The zero-order chi connectivity index (χ0) is 21.9. The van der Waals surface area contributed by atoms with Crippen LogP contribution in [-0.4, -0.2) is 62.8 Å². The lowest BCUT2D eigenvalue weighted by atomic mass is 9.99. The predicted octanol–water partition coefficient (Wildman–Crippen LogP) is 2.49. The van der Waals surface area contributed by atoms with Crippen molar-refractivity contribution < 1.29 is 17.6 Å². The number of carbonyl (C=O) groups excluding carboxylic acids is 1. The Kier molecular flexibility index (Phi) is 6.90. The van der Waals surface area contributed by atoms with E-state index >= 15 is 0 Å². The average molecular weight is 434 g/mol. The minimum atomic E-state index is -3.62. The van der Waals surface area contributed by atoms with Crippen molar-refractivity contribution in [3.63, 3.8) is 0 Å². The highest BCUT2D eigenvalue weighted by molar-refractivity contribution is 7.89. The smallest absolute Gasteiger partial charge is 0.251 e. The topological polar surface area (TPSA) is 69.7 Å². The first-order chi connectivity index (χ1) is 14.2. The fourth-order valence-electron chi connectivity index (χ4n) is 3.90. The normalized spacial score (nSPS) is 15.9. The third-order valence-electron chi connectivity index (χ3n) is 5.40. The zero-order valence-corrected chi connectivity index (χ0v) is 18.4. The summed E-state index contributed by atoms with van der Waals surface area (Å²) in [5, 5.41) is 2.97. The summed E-state index contributed by atoms with van der Waals surface area (Å²) >= 11 is 0. The molecule has 3 rings (SSSR count). The van der Waals surface area contributed by atoms with Gasteiger partial charge in [-0.25, -0.2) is 12.8 Å². The van der Waals surface area contributed by atoms with Crippen molar-refractivity contribution in [1.29, 1.82) is 0 Å². The summed E-state index contributed by atoms with van der Waals surface area (Å²) in [5.74, 6) is -0.542. The van der Waals surface area contributed by atoms with Crippen LogP contribution < -0.4 is 5.32 Å². The molecule has 0 aromatic heterocycles. The van der Waals surface area contributed by atoms with E-state index < -0.39 is 15.8 Å². The van der Waals surface area contributed by atoms with E-state index in [1.54, 1.807) is 0 Å². The molecule has 0 radical (unpaired) electrons. The number of carbonyl (C=O) groups is 1. The molecule has 1 aliphatic rings. The van der Waals surface area contributed by atoms with Gasteiger partial charge >= 0.3 is 0 Å². The molecular weight excluding hydrogens is 405 g/mol. The van der Waals surface area contributed by atoms with Crippen LogP contribution in [0.1, 0.15) is 27.0 Å². The first-order valence-electron chi connectivity index (χ1n) is 10.0. The van der Waals surface area contributed by atoms with Crippen LogP contribution in [0.25, 0.3) is 0 Å². The molecule has 0 spiro atoms. The molecule has 0 unspecified atom stereocenters. The Morgan fingerprint density at radius 1 is 1.00 bits per heavy atom. The van der Waals surface area contributed by atoms with Gasteiger partial charge in [-0.3, -0.25) is 9.69 Å². The number of rotatable bonds is 6. The molecule has 1 N–H and O–H groups in total. The molecule has 162 valence electrons. The summed E-state index contributed by atoms with van der Waals surface area (Å²) in [6, 6.07) is 8.90. The molecule has 1 saturated heterocycles. The molecule has 1 heterocycles. The second kappa shape index (κ2) is 9.24. The lowest BCUT2D eigenvalue weighted by Crippen LogP contribution is -2.50. The lowest BCUT2D eigenvalue weighted by molar-refractivity contribution is 0.0944. The maximum absolute atomic E-state index is 13.1. The molecule has 0 atom stereocenters. The number of aryl methyl sites for hydroxylation is 3. The number of amides is 1. The van der Waals surface area contributed by atoms with Gasteiger partial charge in [-0.1, -0.05) is 17.7 Å². The predicted molar refractivity (Wildman–Crippen MR) is 115 cm³/mol. The summed E-state index contributed by atoms with van der Waals surface area (Å²) < 4.78 is 39.9. The van der Waals surface area contributed by atoms with Gasteiger partial charge in [-0.05, 0) is 56.2 Å². The van der Waals surface area contributed by atoms with Crippen molar-refractivity contribution in [3.05, 3.63) is 64.5 Å². The van der Waals surface area contributed by atoms with Crippen LogP contribution in [0, 0.1) is 26.6 Å². The van der Waals surface area contributed by atoms with Gasteiger partial charge in [-0.2, -0.15) is 4.31 Å². The SMILES string of the molecule is Cc1cc(C)c(C(=O)NCCN2CCN(S(=O)(=O)c3ccc(F)cc3)CC2)c(C)c1. The van der Waals surface area contributed by atoms with Crippen molar-refractivity contribution in [2.75, 3.05) is 39.3 Å². The van der Waals surface area contributed by atoms with E-state index in [2.05, 4.69) is 10.2 Å². The van der Waals surface area contributed by atoms with Crippen LogP contribution in [0.5, 0.6) is 0 Å². The maximum atomic E-state index is 13.1. The van der Waals surface area contributed by atoms with Crippen LogP contribution >= 0.6 is 0 Å². The minimum Gasteiger partial charge on any atom is -0.351 e. The average Bonchev–Trinajstić information content (AvgIpc) is 2.68. The monoisotopic (exact) mass is 433 g/mol. The highest BCUT2D eigenvalue weighted by Crippen LogP contribution is 2.18. The molecule has 0 aliphatic carbocycles. The highest BCUT2D eigenvalue weighted by atomic mass is 32.2. The Morgan fingerprint density at radius 2 is 1.57 bits per heavy atom. The Bertz CT molecular complexity index is 991. The first-order valence-corrected chi connectivity index (χ1v) is 11.5. The zero-order valence-electron chi connectivity index (χ0n) is 17.6. The second-order valence-corrected chi connectivity index (χ2v) is 9.67. The van der Waals surface area contributed by atoms with Crippen LogP contribution in [0.15, 0.2) is 41.3 Å². The molecule has 0 saturated carbocycles. The summed E-state index contributed by atoms with van der Waals surface area (Å²) in [4.78, 5) is 14.8. The number of hydrogen-bond donors (Lipinski definition) is 1. The Hall–Kier alpha value is -2.29. The fraction of sp³-hybridized carbons (Fsp3) is 0.409. The molecule has 1 fully saturated rings. The van der Waals surface area contributed by atoms with Gasteiger partial charge in [0.1, 0.15) is 5.82 Å². The van der Waals surface area contributed by atoms with Gasteiger partial charge in [0.2, 0.25) is 10.0 Å². The molecular formula is C22H28FN3O3S. The quantitative estimate of drug-likeness (QED) is 0.760. The van der Waals surface area contributed by atoms with Crippen molar-refractivity contribution in [1.82, 2.24) is 14.5 Å². The molecule has 1 amide bonds. The van der Waals surface area contributed by atoms with Crippen molar-refractivity contribution in [3.8, 4) is 0 Å². The number of halogens is 1. The maximum Gasteiger partial charge on any atom is 0.251 e. The number of piperazine rings is 1. The van der Waals surface area contributed by atoms with Gasteiger partial charge in [0, 0.05) is 44.8 Å². The molecule has 0 bridgehead atoms. The largest absolute Gasteiger partial charge is 0.351 e. The minimum absolute atomic E-state index is 0.0810. The number of nitrogens with zero attached hydrogens (tertiary/aromatic N) is 2. The van der Waals surface area contributed by atoms with Gasteiger partial charge in [0.15, 0.2) is 0 Å². The van der Waals surface area contributed by atoms with E-state index in [0.29, 0.717) is 39.3 Å². The van der Waals surface area contributed by atoms with Gasteiger partial charge in [0.05, 0.1) is 4.90 Å². The van der Waals surface area contributed by atoms with E-state index in [-0.39, 0.29) is 10.8 Å². The third-order valence-corrected chi connectivity index (χ3v) is 7.31. The summed E-state index contributed by atoms with van der Waals surface area (Å²) in [6.07, 6.45) is 0. The number of hydrogen-bond acceptors (Lipinski definition) is 4. The van der Waals surface area contributed by atoms with Crippen LogP contribution in [0.3, 0.4) is 0 Å². The number of nitrogens with one attached hydrogen (secondary N) is 1. The number of benzene rings is 2. The molecule has 6 nitrogen and oxygen atoms in total. The second-order valence-electron chi connectivity index (χ2n) is 7.73. The summed E-state index contributed by atoms with van der Waals surface area (Å²) in [7, 11) is -3.62. The first kappa shape index (κ1) is 22.4. The third kappa shape index (κ3) is 5.06. The molecule has 30 heavy (non-hydrogen) atoms. The van der Waals surface area contributed by atoms with Crippen molar-refractivity contribution in [2.45, 2.75) is 25.7 Å². The lowest BCUT2D eigenvalue weighted by Gasteiger charge is -2.34. The Labute approximate surface area is 177 Å². The molecule has 1 aliphatic heterocycles. The van der Waals surface area contributed by atoms with Crippen molar-refractivity contribution >= 4 is 15.9 Å². The fourth-order valence-corrected chi connectivity index (χ4v) is 5.33. The summed E-state index contributed by atoms with van der Waals surface area (Å²) in [6.45, 7) is 8.94. The van der Waals surface area contributed by atoms with Crippen LogP contribution in [0.4, 0.5) is 4.39 Å². The Morgan fingerprint density at radius 3 is 2.13 bits per heavy atom. The van der Waals surface area contributed by atoms with Gasteiger partial charge in [-0.15, -0.1) is 0 Å². The molecule has 8 heteroatoms. The van der Waals surface area contributed by atoms with E-state index in [9.17, 15) is 17.6 Å². The van der Waals surface area contributed by atoms with Crippen LogP contribution in [-0.2, 0) is 10.0 Å². The van der Waals surface area contributed by atoms with E-state index in [1.165, 1.54) is 16.4 Å². The summed E-state index contributed by atoms with van der Waals surface area (Å²) in [5.41, 5.74) is 3.78. The molecule has 2 aromatic rings. The van der Waals surface area contributed by atoms with E-state index in [4.69, 9.17) is 0 Å². The standard InChI is InChI=1S/C22H28FN3O3S/c1-16-14-17(2)21(18(3)15-16)22(27)24-8-9-25-10-12-26(13-11-25)30(28,29)20-6-4-19(23)5-7-20/h4-7,14-15H,8-13H2,1-3H3,(H,24,27). The highest BCUT2D eigenvalue weighted by Gasteiger charge is 2.28. The van der Waals surface area contributed by atoms with E-state index in [1.807, 2.05) is 32.9 Å².